The van der Waals surface area contributed by atoms with Gasteiger partial charge in [-0.3, -0.25) is 4.90 Å². The monoisotopic (exact) mass is 235 g/mol. The smallest absolute Gasteiger partial charge is 0.131 e. The highest BCUT2D eigenvalue weighted by Gasteiger charge is 2.22. The third kappa shape index (κ3) is 2.33. The molecule has 1 saturated heterocycles. The van der Waals surface area contributed by atoms with Gasteiger partial charge in [-0.2, -0.15) is 0 Å². The minimum atomic E-state index is 0.994. The zero-order valence-corrected chi connectivity index (χ0v) is 10.5. The highest BCUT2D eigenvalue weighted by Crippen LogP contribution is 2.36. The second kappa shape index (κ2) is 4.26. The van der Waals surface area contributed by atoms with Crippen molar-refractivity contribution in [2.45, 2.75) is 39.2 Å². The van der Waals surface area contributed by atoms with E-state index in [1.54, 1.807) is 22.5 Å². The van der Waals surface area contributed by atoms with Crippen molar-refractivity contribution in [2.24, 2.45) is 0 Å². The van der Waals surface area contributed by atoms with Crippen molar-refractivity contribution in [3.05, 3.63) is 21.2 Å². The summed E-state index contributed by atoms with van der Waals surface area (Å²) in [4.78, 5) is 2.51. The molecule has 0 spiro atoms. The van der Waals surface area contributed by atoms with E-state index in [4.69, 9.17) is 0 Å². The fourth-order valence-corrected chi connectivity index (χ4v) is 3.09. The van der Waals surface area contributed by atoms with Gasteiger partial charge in [-0.15, -0.1) is 21.5 Å². The zero-order valence-electron chi connectivity index (χ0n) is 9.70. The van der Waals surface area contributed by atoms with Crippen LogP contribution in [0.2, 0.25) is 0 Å². The van der Waals surface area contributed by atoms with Gasteiger partial charge >= 0.3 is 0 Å². The Balaban J connectivity index is 1.56. The SMILES string of the molecule is Cc1nnc(CN2CCC(=C3CC3)CC2)s1. The van der Waals surface area contributed by atoms with E-state index in [0.717, 1.165) is 11.6 Å². The Morgan fingerprint density at radius 3 is 2.31 bits per heavy atom. The van der Waals surface area contributed by atoms with Gasteiger partial charge in [0.1, 0.15) is 10.0 Å². The lowest BCUT2D eigenvalue weighted by Gasteiger charge is -2.27. The fourth-order valence-electron chi connectivity index (χ4n) is 2.34. The van der Waals surface area contributed by atoms with Crippen molar-refractivity contribution in [3.8, 4) is 0 Å². The van der Waals surface area contributed by atoms with Gasteiger partial charge in [0, 0.05) is 13.1 Å². The summed E-state index contributed by atoms with van der Waals surface area (Å²) in [5.74, 6) is 0. The van der Waals surface area contributed by atoms with Crippen molar-refractivity contribution < 1.29 is 0 Å². The van der Waals surface area contributed by atoms with Crippen molar-refractivity contribution in [3.63, 3.8) is 0 Å². The van der Waals surface area contributed by atoms with E-state index in [2.05, 4.69) is 15.1 Å². The lowest BCUT2D eigenvalue weighted by Crippen LogP contribution is -2.30. The maximum atomic E-state index is 4.19. The van der Waals surface area contributed by atoms with Crippen LogP contribution in [0.25, 0.3) is 0 Å². The van der Waals surface area contributed by atoms with Gasteiger partial charge < -0.3 is 0 Å². The van der Waals surface area contributed by atoms with Gasteiger partial charge in [-0.05, 0) is 32.6 Å². The van der Waals surface area contributed by atoms with Crippen molar-refractivity contribution >= 4 is 11.3 Å². The number of piperidine rings is 1. The number of allylic oxidation sites excluding steroid dienone is 1. The molecule has 16 heavy (non-hydrogen) atoms. The molecule has 0 amide bonds. The Kier molecular flexibility index (Phi) is 2.77. The molecule has 1 aromatic heterocycles. The second-order valence-electron chi connectivity index (χ2n) is 4.70. The normalized spacial score (nSPS) is 21.6. The number of aromatic nitrogens is 2. The number of rotatable bonds is 2. The van der Waals surface area contributed by atoms with Crippen LogP contribution in [0.4, 0.5) is 0 Å². The average Bonchev–Trinajstić information content (AvgIpc) is 3.05. The molecule has 1 aliphatic heterocycles. The van der Waals surface area contributed by atoms with Crippen LogP contribution in [0.3, 0.4) is 0 Å². The van der Waals surface area contributed by atoms with Crippen LogP contribution < -0.4 is 0 Å². The van der Waals surface area contributed by atoms with E-state index in [-0.39, 0.29) is 0 Å². The molecule has 0 atom stereocenters. The summed E-state index contributed by atoms with van der Waals surface area (Å²) in [6.07, 6.45) is 5.33. The highest BCUT2D eigenvalue weighted by atomic mass is 32.1. The van der Waals surface area contributed by atoms with Crippen LogP contribution in [0.5, 0.6) is 0 Å². The molecule has 2 fully saturated rings. The van der Waals surface area contributed by atoms with Crippen LogP contribution in [-0.4, -0.2) is 28.2 Å². The maximum absolute atomic E-state index is 4.19. The van der Waals surface area contributed by atoms with Crippen molar-refractivity contribution in [1.29, 1.82) is 0 Å². The third-order valence-electron chi connectivity index (χ3n) is 3.39. The minimum Gasteiger partial charge on any atom is -0.296 e. The number of nitrogens with zero attached hydrogens (tertiary/aromatic N) is 3. The van der Waals surface area contributed by atoms with Gasteiger partial charge in [-0.1, -0.05) is 11.1 Å². The molecular weight excluding hydrogens is 218 g/mol. The molecule has 4 heteroatoms. The molecule has 2 heterocycles. The predicted molar refractivity (Wildman–Crippen MR) is 65.4 cm³/mol. The minimum absolute atomic E-state index is 0.994. The fraction of sp³-hybridized carbons (Fsp3) is 0.667. The first-order valence-electron chi connectivity index (χ1n) is 6.02. The molecule has 1 aromatic rings. The maximum Gasteiger partial charge on any atom is 0.131 e. The topological polar surface area (TPSA) is 29.0 Å². The predicted octanol–water partition coefficient (Wildman–Crippen LogP) is 2.53. The Labute approximate surface area is 100 Å². The Hall–Kier alpha value is -0.740. The summed E-state index contributed by atoms with van der Waals surface area (Å²) in [5.41, 5.74) is 3.51. The standard InChI is InChI=1S/C12H17N3S/c1-9-13-14-12(16-9)8-15-6-4-11(5-7-15)10-2-3-10/h2-8H2,1H3. The van der Waals surface area contributed by atoms with Gasteiger partial charge in [-0.25, -0.2) is 0 Å². The molecule has 0 radical (unpaired) electrons. The van der Waals surface area contributed by atoms with Gasteiger partial charge in [0.05, 0.1) is 6.54 Å². The van der Waals surface area contributed by atoms with Crippen LogP contribution in [0.1, 0.15) is 35.7 Å². The van der Waals surface area contributed by atoms with E-state index in [9.17, 15) is 0 Å². The molecule has 86 valence electrons. The highest BCUT2D eigenvalue weighted by molar-refractivity contribution is 7.11. The lowest BCUT2D eigenvalue weighted by molar-refractivity contribution is 0.247. The average molecular weight is 235 g/mol. The van der Waals surface area contributed by atoms with Crippen molar-refractivity contribution in [1.82, 2.24) is 15.1 Å². The summed E-state index contributed by atoms with van der Waals surface area (Å²) < 4.78 is 0. The van der Waals surface area contributed by atoms with Crippen LogP contribution in [-0.2, 0) is 6.54 Å². The van der Waals surface area contributed by atoms with E-state index in [0.29, 0.717) is 0 Å². The number of likely N-dealkylation sites (tertiary alicyclic amines) is 1. The first-order valence-corrected chi connectivity index (χ1v) is 6.84. The zero-order chi connectivity index (χ0) is 11.0. The summed E-state index contributed by atoms with van der Waals surface area (Å²) in [6.45, 7) is 5.43. The van der Waals surface area contributed by atoms with E-state index in [1.165, 1.54) is 43.8 Å². The van der Waals surface area contributed by atoms with Gasteiger partial charge in [0.2, 0.25) is 0 Å². The molecule has 2 aliphatic rings. The van der Waals surface area contributed by atoms with E-state index >= 15 is 0 Å². The molecule has 1 aliphatic carbocycles. The quantitative estimate of drug-likeness (QED) is 0.738. The molecule has 0 bridgehead atoms. The molecule has 0 aromatic carbocycles. The number of hydrogen-bond donors (Lipinski definition) is 0. The van der Waals surface area contributed by atoms with Crippen molar-refractivity contribution in [2.75, 3.05) is 13.1 Å². The first kappa shape index (κ1) is 10.4. The summed E-state index contributed by atoms with van der Waals surface area (Å²) in [7, 11) is 0. The largest absolute Gasteiger partial charge is 0.296 e. The molecule has 3 rings (SSSR count). The molecular formula is C12H17N3S. The Morgan fingerprint density at radius 2 is 1.75 bits per heavy atom. The van der Waals surface area contributed by atoms with Crippen LogP contribution in [0, 0.1) is 6.92 Å². The molecule has 3 nitrogen and oxygen atoms in total. The van der Waals surface area contributed by atoms with Crippen LogP contribution in [0.15, 0.2) is 11.1 Å². The molecule has 1 saturated carbocycles. The number of hydrogen-bond acceptors (Lipinski definition) is 4. The van der Waals surface area contributed by atoms with Gasteiger partial charge in [0.15, 0.2) is 0 Å². The first-order chi connectivity index (χ1) is 7.81. The lowest BCUT2D eigenvalue weighted by atomic mass is 10.0. The molecule has 0 unspecified atom stereocenters. The number of aryl methyl sites for hydroxylation is 1. The third-order valence-corrected chi connectivity index (χ3v) is 4.21. The second-order valence-corrected chi connectivity index (χ2v) is 5.96. The summed E-state index contributed by atoms with van der Waals surface area (Å²) in [5, 5.41) is 10.5. The molecule has 0 N–H and O–H groups in total. The summed E-state index contributed by atoms with van der Waals surface area (Å²) >= 11 is 1.72. The Morgan fingerprint density at radius 1 is 1.06 bits per heavy atom. The van der Waals surface area contributed by atoms with Crippen LogP contribution >= 0.6 is 11.3 Å². The Bertz CT molecular complexity index is 406. The van der Waals surface area contributed by atoms with E-state index in [1.807, 2.05) is 6.92 Å². The van der Waals surface area contributed by atoms with Gasteiger partial charge in [0.25, 0.3) is 0 Å². The summed E-state index contributed by atoms with van der Waals surface area (Å²) in [6, 6.07) is 0. The van der Waals surface area contributed by atoms with E-state index < -0.39 is 0 Å².